The Kier molecular flexibility index (Phi) is 4.62. The summed E-state index contributed by atoms with van der Waals surface area (Å²) in [5, 5.41) is 4.67. The molecule has 0 saturated carbocycles. The fraction of sp³-hybridized carbons (Fsp3) is 0.286. The Morgan fingerprint density at radius 1 is 1.11 bits per heavy atom. The van der Waals surface area contributed by atoms with Crippen LogP contribution in [0.5, 0.6) is 0 Å². The Morgan fingerprint density at radius 3 is 2.52 bits per heavy atom. The molecule has 27 heavy (non-hydrogen) atoms. The van der Waals surface area contributed by atoms with E-state index in [0.717, 1.165) is 16.8 Å². The highest BCUT2D eigenvalue weighted by atomic mass is 16.3. The van der Waals surface area contributed by atoms with Crippen LogP contribution in [-0.4, -0.2) is 33.7 Å². The Hall–Kier alpha value is -3.15. The quantitative estimate of drug-likeness (QED) is 0.716. The Labute approximate surface area is 157 Å². The molecule has 0 atom stereocenters. The Balaban J connectivity index is 1.55. The minimum Gasteiger partial charge on any atom is -0.459 e. The maximum absolute atomic E-state index is 12.5. The lowest BCUT2D eigenvalue weighted by atomic mass is 10.0. The van der Waals surface area contributed by atoms with Crippen molar-refractivity contribution in [1.29, 1.82) is 0 Å². The van der Waals surface area contributed by atoms with Crippen molar-refractivity contribution in [1.82, 2.24) is 14.7 Å². The van der Waals surface area contributed by atoms with Crippen LogP contribution in [0.2, 0.25) is 0 Å². The van der Waals surface area contributed by atoms with Crippen molar-refractivity contribution in [3.05, 3.63) is 76.5 Å². The molecule has 1 aliphatic rings. The number of furan rings is 1. The smallest absolute Gasteiger partial charge is 0.289 e. The predicted molar refractivity (Wildman–Crippen MR) is 102 cm³/mol. The molecule has 3 aromatic rings. The van der Waals surface area contributed by atoms with E-state index in [-0.39, 0.29) is 17.5 Å². The lowest BCUT2D eigenvalue weighted by Crippen LogP contribution is -2.41. The number of benzene rings is 1. The highest BCUT2D eigenvalue weighted by Crippen LogP contribution is 2.24. The van der Waals surface area contributed by atoms with E-state index in [9.17, 15) is 9.59 Å². The summed E-state index contributed by atoms with van der Waals surface area (Å²) in [7, 11) is 0. The second-order valence-corrected chi connectivity index (χ2v) is 6.83. The molecular weight excluding hydrogens is 342 g/mol. The first-order valence-corrected chi connectivity index (χ1v) is 9.12. The van der Waals surface area contributed by atoms with Gasteiger partial charge >= 0.3 is 0 Å². The molecule has 6 nitrogen and oxygen atoms in total. The first-order valence-electron chi connectivity index (χ1n) is 9.12. The van der Waals surface area contributed by atoms with Crippen LogP contribution >= 0.6 is 0 Å². The zero-order valence-corrected chi connectivity index (χ0v) is 15.2. The van der Waals surface area contributed by atoms with Gasteiger partial charge in [0.2, 0.25) is 0 Å². The number of amides is 1. The fourth-order valence-corrected chi connectivity index (χ4v) is 3.57. The van der Waals surface area contributed by atoms with E-state index < -0.39 is 0 Å². The average molecular weight is 363 g/mol. The molecule has 1 aliphatic heterocycles. The maximum atomic E-state index is 12.5. The number of aromatic nitrogens is 2. The molecule has 1 aromatic carbocycles. The van der Waals surface area contributed by atoms with Gasteiger partial charge in [-0.3, -0.25) is 9.59 Å². The van der Waals surface area contributed by atoms with Gasteiger partial charge in [-0.2, -0.15) is 5.10 Å². The minimum atomic E-state index is -0.104. The van der Waals surface area contributed by atoms with Gasteiger partial charge in [0.05, 0.1) is 18.0 Å². The molecule has 3 heterocycles. The van der Waals surface area contributed by atoms with Crippen LogP contribution in [0.1, 0.15) is 35.0 Å². The minimum absolute atomic E-state index is 0.0128. The highest BCUT2D eigenvalue weighted by molar-refractivity contribution is 5.91. The van der Waals surface area contributed by atoms with Crippen LogP contribution in [0, 0.1) is 6.92 Å². The monoisotopic (exact) mass is 363 g/mol. The second kappa shape index (κ2) is 7.23. The number of carbonyl (C=O) groups excluding carboxylic acids is 1. The van der Waals surface area contributed by atoms with E-state index >= 15 is 0 Å². The lowest BCUT2D eigenvalue weighted by molar-refractivity contribution is 0.0656. The van der Waals surface area contributed by atoms with Crippen LogP contribution in [0.3, 0.4) is 0 Å². The molecule has 0 radical (unpaired) electrons. The summed E-state index contributed by atoms with van der Waals surface area (Å²) in [5.41, 5.74) is 2.59. The maximum Gasteiger partial charge on any atom is 0.289 e. The van der Waals surface area contributed by atoms with Gasteiger partial charge in [-0.1, -0.05) is 30.3 Å². The molecule has 1 amide bonds. The van der Waals surface area contributed by atoms with Crippen molar-refractivity contribution in [2.75, 3.05) is 13.1 Å². The van der Waals surface area contributed by atoms with E-state index in [2.05, 4.69) is 5.10 Å². The van der Waals surface area contributed by atoms with Crippen molar-refractivity contribution >= 4 is 5.91 Å². The molecule has 138 valence electrons. The summed E-state index contributed by atoms with van der Waals surface area (Å²) in [6.07, 6.45) is 2.88. The number of hydrogen-bond acceptors (Lipinski definition) is 4. The van der Waals surface area contributed by atoms with E-state index in [1.807, 2.05) is 37.3 Å². The zero-order valence-electron chi connectivity index (χ0n) is 15.2. The summed E-state index contributed by atoms with van der Waals surface area (Å²) in [5.74, 6) is 0.248. The molecular formula is C21H21N3O3. The summed E-state index contributed by atoms with van der Waals surface area (Å²) in [6.45, 7) is 3.06. The van der Waals surface area contributed by atoms with Crippen LogP contribution in [0.4, 0.5) is 0 Å². The second-order valence-electron chi connectivity index (χ2n) is 6.83. The van der Waals surface area contributed by atoms with Crippen molar-refractivity contribution in [2.45, 2.75) is 25.8 Å². The van der Waals surface area contributed by atoms with Crippen molar-refractivity contribution in [2.24, 2.45) is 0 Å². The van der Waals surface area contributed by atoms with Crippen LogP contribution in [0.25, 0.3) is 11.3 Å². The van der Waals surface area contributed by atoms with Crippen molar-refractivity contribution < 1.29 is 9.21 Å². The third-order valence-electron chi connectivity index (χ3n) is 5.02. The van der Waals surface area contributed by atoms with E-state index in [1.165, 1.54) is 6.26 Å². The molecule has 0 spiro atoms. The summed E-state index contributed by atoms with van der Waals surface area (Å²) >= 11 is 0. The van der Waals surface area contributed by atoms with Gasteiger partial charge in [0.25, 0.3) is 11.5 Å². The van der Waals surface area contributed by atoms with Crippen molar-refractivity contribution in [3.63, 3.8) is 0 Å². The van der Waals surface area contributed by atoms with Crippen LogP contribution in [-0.2, 0) is 0 Å². The standard InChI is InChI=1S/C21H21N3O3/c1-15-14-19(25)24(22-20(15)16-6-3-2-4-7-16)17-9-11-23(12-10-17)21(26)18-8-5-13-27-18/h2-8,13-14,17H,9-12H2,1H3. The molecule has 0 N–H and O–H groups in total. The third-order valence-corrected chi connectivity index (χ3v) is 5.02. The van der Waals surface area contributed by atoms with Gasteiger partial charge in [0, 0.05) is 24.7 Å². The van der Waals surface area contributed by atoms with Gasteiger partial charge in [-0.05, 0) is 37.5 Å². The normalized spacial score (nSPS) is 15.1. The van der Waals surface area contributed by atoms with Crippen LogP contribution < -0.4 is 5.56 Å². The van der Waals surface area contributed by atoms with Gasteiger partial charge in [0.15, 0.2) is 5.76 Å². The molecule has 6 heteroatoms. The predicted octanol–water partition coefficient (Wildman–Crippen LogP) is 3.29. The number of carbonyl (C=O) groups is 1. The van der Waals surface area contributed by atoms with Gasteiger partial charge in [0.1, 0.15) is 0 Å². The number of aryl methyl sites for hydroxylation is 1. The molecule has 0 bridgehead atoms. The topological polar surface area (TPSA) is 68.3 Å². The van der Waals surface area contributed by atoms with Gasteiger partial charge in [-0.25, -0.2) is 4.68 Å². The first kappa shape index (κ1) is 17.3. The van der Waals surface area contributed by atoms with Gasteiger partial charge in [-0.15, -0.1) is 0 Å². The fourth-order valence-electron chi connectivity index (χ4n) is 3.57. The first-order chi connectivity index (χ1) is 13.1. The third kappa shape index (κ3) is 3.43. The summed E-state index contributed by atoms with van der Waals surface area (Å²) in [6, 6.07) is 14.9. The van der Waals surface area contributed by atoms with Gasteiger partial charge < -0.3 is 9.32 Å². The van der Waals surface area contributed by atoms with E-state index in [1.54, 1.807) is 27.8 Å². The van der Waals surface area contributed by atoms with E-state index in [0.29, 0.717) is 31.7 Å². The molecule has 4 rings (SSSR count). The van der Waals surface area contributed by atoms with Crippen LogP contribution in [0.15, 0.2) is 64.0 Å². The Bertz CT molecular complexity index is 985. The lowest BCUT2D eigenvalue weighted by Gasteiger charge is -2.32. The molecule has 0 unspecified atom stereocenters. The molecule has 1 fully saturated rings. The molecule has 2 aromatic heterocycles. The number of nitrogens with zero attached hydrogens (tertiary/aromatic N) is 3. The van der Waals surface area contributed by atoms with E-state index in [4.69, 9.17) is 4.42 Å². The average Bonchev–Trinajstić information content (AvgIpc) is 3.23. The largest absolute Gasteiger partial charge is 0.459 e. The number of piperidine rings is 1. The SMILES string of the molecule is Cc1cc(=O)n(C2CCN(C(=O)c3ccco3)CC2)nc1-c1ccccc1. The zero-order chi connectivity index (χ0) is 18.8. The van der Waals surface area contributed by atoms with Crippen molar-refractivity contribution in [3.8, 4) is 11.3 Å². The summed E-state index contributed by atoms with van der Waals surface area (Å²) in [4.78, 5) is 26.7. The molecule has 1 saturated heterocycles. The summed E-state index contributed by atoms with van der Waals surface area (Å²) < 4.78 is 6.79. The number of hydrogen-bond donors (Lipinski definition) is 0. The molecule has 0 aliphatic carbocycles. The number of rotatable bonds is 3. The Morgan fingerprint density at radius 2 is 1.85 bits per heavy atom. The number of likely N-dealkylation sites (tertiary alicyclic amines) is 1. The highest BCUT2D eigenvalue weighted by Gasteiger charge is 2.27.